The van der Waals surface area contributed by atoms with Gasteiger partial charge in [-0.15, -0.1) is 11.3 Å². The lowest BCUT2D eigenvalue weighted by molar-refractivity contribution is 0.0746. The molecule has 0 aliphatic carbocycles. The van der Waals surface area contributed by atoms with Crippen LogP contribution in [0.2, 0.25) is 0 Å². The van der Waals surface area contributed by atoms with Gasteiger partial charge in [0.05, 0.1) is 15.7 Å². The molecule has 0 unspecified atom stereocenters. The molecule has 3 aromatic heterocycles. The van der Waals surface area contributed by atoms with Crippen LogP contribution in [0.15, 0.2) is 54.3 Å². The number of thiazole rings is 1. The van der Waals surface area contributed by atoms with Crippen molar-refractivity contribution in [1.29, 1.82) is 0 Å². The van der Waals surface area contributed by atoms with Crippen LogP contribution >= 0.6 is 11.3 Å². The van der Waals surface area contributed by atoms with Crippen molar-refractivity contribution in [2.24, 2.45) is 0 Å². The number of carbonyl (C=O) groups is 1. The Hall–Kier alpha value is -3.26. The summed E-state index contributed by atoms with van der Waals surface area (Å²) in [6.07, 6.45) is 3.95. The fraction of sp³-hybridized carbons (Fsp3) is 0.238. The predicted molar refractivity (Wildman–Crippen MR) is 114 cm³/mol. The molecule has 1 saturated heterocycles. The van der Waals surface area contributed by atoms with E-state index in [9.17, 15) is 4.79 Å². The summed E-state index contributed by atoms with van der Waals surface area (Å²) in [6.45, 7) is 4.74. The van der Waals surface area contributed by atoms with Crippen LogP contribution < -0.4 is 4.90 Å². The predicted octanol–water partition coefficient (Wildman–Crippen LogP) is 3.15. The van der Waals surface area contributed by atoms with E-state index in [2.05, 4.69) is 19.9 Å². The highest BCUT2D eigenvalue weighted by atomic mass is 32.1. The molecule has 0 spiro atoms. The van der Waals surface area contributed by atoms with E-state index in [1.54, 1.807) is 11.3 Å². The van der Waals surface area contributed by atoms with Gasteiger partial charge in [-0.25, -0.2) is 15.0 Å². The number of aromatic nitrogens is 4. The van der Waals surface area contributed by atoms with Gasteiger partial charge in [0.2, 0.25) is 0 Å². The number of amides is 1. The van der Waals surface area contributed by atoms with Gasteiger partial charge in [0.15, 0.2) is 0 Å². The van der Waals surface area contributed by atoms with E-state index in [0.29, 0.717) is 13.1 Å². The molecule has 1 aromatic carbocycles. The molecular weight excluding hydrogens is 384 g/mol. The Morgan fingerprint density at radius 2 is 1.76 bits per heavy atom. The average Bonchev–Trinajstić information content (AvgIpc) is 3.44. The molecule has 0 atom stereocenters. The summed E-state index contributed by atoms with van der Waals surface area (Å²) in [6, 6.07) is 11.7. The van der Waals surface area contributed by atoms with E-state index in [4.69, 9.17) is 0 Å². The van der Waals surface area contributed by atoms with Crippen LogP contribution in [0.5, 0.6) is 0 Å². The van der Waals surface area contributed by atoms with Crippen molar-refractivity contribution in [2.75, 3.05) is 31.1 Å². The number of nitrogens with zero attached hydrogens (tertiary/aromatic N) is 6. The van der Waals surface area contributed by atoms with Crippen molar-refractivity contribution in [3.05, 3.63) is 65.7 Å². The maximum atomic E-state index is 12.9. The molecule has 146 valence electrons. The second-order valence-electron chi connectivity index (χ2n) is 7.04. The fourth-order valence-corrected chi connectivity index (χ4v) is 4.34. The summed E-state index contributed by atoms with van der Waals surface area (Å²) in [5, 5.41) is 0. The quantitative estimate of drug-likeness (QED) is 0.525. The second-order valence-corrected chi connectivity index (χ2v) is 7.92. The summed E-state index contributed by atoms with van der Waals surface area (Å²) in [5.41, 5.74) is 3.47. The highest BCUT2D eigenvalue weighted by Gasteiger charge is 2.23. The summed E-state index contributed by atoms with van der Waals surface area (Å²) in [7, 11) is 0. The molecular formula is C21H20N6OS. The third-order valence-corrected chi connectivity index (χ3v) is 5.94. The SMILES string of the molecule is Cc1nc(N2CCN(C(=O)c3ccc4ncsc4c3)CC2)cc(-n2cccc2)n1. The average molecular weight is 404 g/mol. The molecule has 0 N–H and O–H groups in total. The molecule has 0 bridgehead atoms. The zero-order valence-corrected chi connectivity index (χ0v) is 16.8. The number of piperazine rings is 1. The van der Waals surface area contributed by atoms with Gasteiger partial charge in [-0.3, -0.25) is 4.79 Å². The number of fused-ring (bicyclic) bond motifs is 1. The Balaban J connectivity index is 1.30. The first kappa shape index (κ1) is 17.8. The maximum Gasteiger partial charge on any atom is 0.254 e. The lowest BCUT2D eigenvalue weighted by Gasteiger charge is -2.35. The standard InChI is InChI=1S/C21H20N6OS/c1-15-23-19(25-6-2-3-7-25)13-20(24-15)26-8-10-27(11-9-26)21(28)16-4-5-17-18(12-16)29-14-22-17/h2-7,12-14H,8-11H2,1H3. The molecule has 1 aliphatic rings. The van der Waals surface area contributed by atoms with E-state index >= 15 is 0 Å². The van der Waals surface area contributed by atoms with Gasteiger partial charge in [-0.2, -0.15) is 0 Å². The van der Waals surface area contributed by atoms with Gasteiger partial charge in [0.1, 0.15) is 17.5 Å². The Morgan fingerprint density at radius 1 is 1.00 bits per heavy atom. The second kappa shape index (κ2) is 7.29. The zero-order chi connectivity index (χ0) is 19.8. The first-order valence-corrected chi connectivity index (χ1v) is 10.4. The normalized spacial score (nSPS) is 14.5. The number of hydrogen-bond acceptors (Lipinski definition) is 6. The van der Waals surface area contributed by atoms with E-state index < -0.39 is 0 Å². The van der Waals surface area contributed by atoms with Crippen LogP contribution in [0.3, 0.4) is 0 Å². The van der Waals surface area contributed by atoms with E-state index in [-0.39, 0.29) is 5.91 Å². The van der Waals surface area contributed by atoms with E-state index in [1.165, 1.54) is 0 Å². The fourth-order valence-electron chi connectivity index (χ4n) is 3.63. The van der Waals surface area contributed by atoms with Crippen molar-refractivity contribution >= 4 is 33.3 Å². The van der Waals surface area contributed by atoms with Gasteiger partial charge < -0.3 is 14.4 Å². The van der Waals surface area contributed by atoms with Gasteiger partial charge in [0, 0.05) is 50.2 Å². The Bertz CT molecular complexity index is 1160. The summed E-state index contributed by atoms with van der Waals surface area (Å²) in [4.78, 5) is 30.5. The van der Waals surface area contributed by atoms with Gasteiger partial charge >= 0.3 is 0 Å². The molecule has 0 radical (unpaired) electrons. The molecule has 1 amide bonds. The maximum absolute atomic E-state index is 12.9. The number of hydrogen-bond donors (Lipinski definition) is 0. The van der Waals surface area contributed by atoms with Crippen LogP contribution in [-0.4, -0.2) is 56.5 Å². The van der Waals surface area contributed by atoms with E-state index in [0.717, 1.165) is 46.3 Å². The summed E-state index contributed by atoms with van der Waals surface area (Å²) < 4.78 is 3.02. The van der Waals surface area contributed by atoms with Crippen LogP contribution in [0.4, 0.5) is 5.82 Å². The number of anilines is 1. The molecule has 29 heavy (non-hydrogen) atoms. The topological polar surface area (TPSA) is 67.2 Å². The highest BCUT2D eigenvalue weighted by Crippen LogP contribution is 2.22. The molecule has 4 aromatic rings. The molecule has 4 heterocycles. The minimum atomic E-state index is 0.0758. The van der Waals surface area contributed by atoms with Gasteiger partial charge in [-0.05, 0) is 37.3 Å². The third-order valence-electron chi connectivity index (χ3n) is 5.15. The third kappa shape index (κ3) is 3.47. The summed E-state index contributed by atoms with van der Waals surface area (Å²) in [5.74, 6) is 2.57. The van der Waals surface area contributed by atoms with Crippen LogP contribution in [0.25, 0.3) is 16.0 Å². The molecule has 1 fully saturated rings. The lowest BCUT2D eigenvalue weighted by atomic mass is 10.1. The smallest absolute Gasteiger partial charge is 0.254 e. The molecule has 7 nitrogen and oxygen atoms in total. The first-order valence-electron chi connectivity index (χ1n) is 9.54. The number of benzene rings is 1. The van der Waals surface area contributed by atoms with Gasteiger partial charge in [0.25, 0.3) is 5.91 Å². The molecule has 0 saturated carbocycles. The minimum absolute atomic E-state index is 0.0758. The van der Waals surface area contributed by atoms with Crippen molar-refractivity contribution < 1.29 is 4.79 Å². The molecule has 5 rings (SSSR count). The number of aryl methyl sites for hydroxylation is 1. The van der Waals surface area contributed by atoms with Crippen LogP contribution in [-0.2, 0) is 0 Å². The highest BCUT2D eigenvalue weighted by molar-refractivity contribution is 7.16. The van der Waals surface area contributed by atoms with E-state index in [1.807, 2.05) is 70.7 Å². The Labute approximate surface area is 172 Å². The lowest BCUT2D eigenvalue weighted by Crippen LogP contribution is -2.49. The zero-order valence-electron chi connectivity index (χ0n) is 16.0. The Morgan fingerprint density at radius 3 is 2.55 bits per heavy atom. The number of carbonyl (C=O) groups excluding carboxylic acids is 1. The van der Waals surface area contributed by atoms with Crippen molar-refractivity contribution in [1.82, 2.24) is 24.4 Å². The van der Waals surface area contributed by atoms with Crippen molar-refractivity contribution in [2.45, 2.75) is 6.92 Å². The summed E-state index contributed by atoms with van der Waals surface area (Å²) >= 11 is 1.56. The monoisotopic (exact) mass is 404 g/mol. The minimum Gasteiger partial charge on any atom is -0.353 e. The molecule has 8 heteroatoms. The molecule has 1 aliphatic heterocycles. The van der Waals surface area contributed by atoms with Crippen molar-refractivity contribution in [3.8, 4) is 5.82 Å². The Kier molecular flexibility index (Phi) is 4.48. The largest absolute Gasteiger partial charge is 0.353 e. The van der Waals surface area contributed by atoms with Gasteiger partial charge in [-0.1, -0.05) is 0 Å². The first-order chi connectivity index (χ1) is 14.2. The van der Waals surface area contributed by atoms with Crippen LogP contribution in [0.1, 0.15) is 16.2 Å². The van der Waals surface area contributed by atoms with Crippen LogP contribution in [0, 0.1) is 6.92 Å². The van der Waals surface area contributed by atoms with Crippen molar-refractivity contribution in [3.63, 3.8) is 0 Å². The number of rotatable bonds is 3.